The van der Waals surface area contributed by atoms with Crippen molar-refractivity contribution in [2.24, 2.45) is 0 Å². The number of carbonyl (C=O) groups excluding carboxylic acids is 1. The van der Waals surface area contributed by atoms with Crippen LogP contribution in [-0.4, -0.2) is 42.8 Å². The van der Waals surface area contributed by atoms with Crippen LogP contribution in [0.2, 0.25) is 0 Å². The number of rotatable bonds is 5. The molecule has 0 atom stereocenters. The van der Waals surface area contributed by atoms with Gasteiger partial charge in [0.15, 0.2) is 0 Å². The number of allylic oxidation sites excluding steroid dienone is 1. The van der Waals surface area contributed by atoms with E-state index in [4.69, 9.17) is 4.74 Å². The molecule has 0 radical (unpaired) electrons. The Morgan fingerprint density at radius 3 is 3.18 bits per heavy atom. The fourth-order valence-corrected chi connectivity index (χ4v) is 3.22. The van der Waals surface area contributed by atoms with Gasteiger partial charge in [0.05, 0.1) is 18.3 Å². The molecule has 1 amide bonds. The second-order valence-corrected chi connectivity index (χ2v) is 6.18. The van der Waals surface area contributed by atoms with E-state index in [0.29, 0.717) is 13.2 Å². The molecular formula is C17H25N3O2. The zero-order chi connectivity index (χ0) is 15.5. The van der Waals surface area contributed by atoms with Crippen molar-refractivity contribution < 1.29 is 9.53 Å². The van der Waals surface area contributed by atoms with Crippen molar-refractivity contribution >= 4 is 11.5 Å². The zero-order valence-electron chi connectivity index (χ0n) is 13.4. The van der Waals surface area contributed by atoms with Gasteiger partial charge in [-0.2, -0.15) is 0 Å². The SMILES string of the molecule is CC(C)OCCNC(=O)c1cn2c3c1CCC=C3CNCC2. The molecule has 1 aromatic rings. The van der Waals surface area contributed by atoms with Crippen LogP contribution in [-0.2, 0) is 17.7 Å². The molecule has 5 heteroatoms. The largest absolute Gasteiger partial charge is 0.377 e. The van der Waals surface area contributed by atoms with Crippen molar-refractivity contribution in [3.05, 3.63) is 29.1 Å². The number of ether oxygens (including phenoxy) is 1. The van der Waals surface area contributed by atoms with E-state index in [9.17, 15) is 4.79 Å². The fourth-order valence-electron chi connectivity index (χ4n) is 3.22. The van der Waals surface area contributed by atoms with Gasteiger partial charge in [-0.25, -0.2) is 0 Å². The number of hydrogen-bond acceptors (Lipinski definition) is 3. The minimum Gasteiger partial charge on any atom is -0.377 e. The summed E-state index contributed by atoms with van der Waals surface area (Å²) < 4.78 is 7.71. The summed E-state index contributed by atoms with van der Waals surface area (Å²) in [5.41, 5.74) is 4.65. The highest BCUT2D eigenvalue weighted by molar-refractivity contribution is 5.97. The molecule has 120 valence electrons. The summed E-state index contributed by atoms with van der Waals surface area (Å²) in [4.78, 5) is 12.5. The highest BCUT2D eigenvalue weighted by atomic mass is 16.5. The average molecular weight is 303 g/mol. The van der Waals surface area contributed by atoms with Crippen molar-refractivity contribution in [3.63, 3.8) is 0 Å². The van der Waals surface area contributed by atoms with Crippen molar-refractivity contribution in [1.29, 1.82) is 0 Å². The lowest BCUT2D eigenvalue weighted by Gasteiger charge is -2.15. The number of amides is 1. The fraction of sp³-hybridized carbons (Fsp3) is 0.588. The Morgan fingerprint density at radius 1 is 1.50 bits per heavy atom. The zero-order valence-corrected chi connectivity index (χ0v) is 13.4. The minimum absolute atomic E-state index is 0.0251. The predicted octanol–water partition coefficient (Wildman–Crippen LogP) is 1.58. The summed E-state index contributed by atoms with van der Waals surface area (Å²) in [6.45, 7) is 7.88. The Hall–Kier alpha value is -1.59. The minimum atomic E-state index is 0.0251. The van der Waals surface area contributed by atoms with E-state index in [1.807, 2.05) is 20.0 Å². The summed E-state index contributed by atoms with van der Waals surface area (Å²) >= 11 is 0. The van der Waals surface area contributed by atoms with Crippen LogP contribution < -0.4 is 10.6 Å². The molecule has 0 spiro atoms. The van der Waals surface area contributed by atoms with E-state index in [0.717, 1.165) is 38.0 Å². The van der Waals surface area contributed by atoms with Gasteiger partial charge in [0.1, 0.15) is 0 Å². The first-order chi connectivity index (χ1) is 10.7. The number of nitrogens with zero attached hydrogens (tertiary/aromatic N) is 1. The van der Waals surface area contributed by atoms with Crippen LogP contribution >= 0.6 is 0 Å². The van der Waals surface area contributed by atoms with Gasteiger partial charge in [-0.3, -0.25) is 4.79 Å². The third-order valence-electron chi connectivity index (χ3n) is 4.20. The number of aromatic nitrogens is 1. The Bertz CT molecular complexity index is 587. The maximum absolute atomic E-state index is 12.5. The first-order valence-corrected chi connectivity index (χ1v) is 8.18. The third-order valence-corrected chi connectivity index (χ3v) is 4.20. The third kappa shape index (κ3) is 3.10. The maximum Gasteiger partial charge on any atom is 0.253 e. The first kappa shape index (κ1) is 15.3. The van der Waals surface area contributed by atoms with Gasteiger partial charge in [-0.15, -0.1) is 0 Å². The molecule has 22 heavy (non-hydrogen) atoms. The monoisotopic (exact) mass is 303 g/mol. The van der Waals surface area contributed by atoms with Crippen LogP contribution in [0.5, 0.6) is 0 Å². The molecule has 0 aromatic carbocycles. The second kappa shape index (κ2) is 6.67. The molecule has 0 saturated carbocycles. The Kier molecular flexibility index (Phi) is 4.64. The topological polar surface area (TPSA) is 55.3 Å². The molecule has 2 N–H and O–H groups in total. The van der Waals surface area contributed by atoms with Gasteiger partial charge in [0, 0.05) is 38.1 Å². The molecule has 1 aliphatic carbocycles. The normalized spacial score (nSPS) is 17.0. The number of hydrogen-bond donors (Lipinski definition) is 2. The lowest BCUT2D eigenvalue weighted by molar-refractivity contribution is 0.0746. The summed E-state index contributed by atoms with van der Waals surface area (Å²) in [6.07, 6.45) is 6.50. The standard InChI is InChI=1S/C17H25N3O2/c1-12(2)22-9-7-19-17(21)15-11-20-8-6-18-10-13-4-3-5-14(15)16(13)20/h4,11-12,18H,3,5-10H2,1-2H3,(H,19,21). The maximum atomic E-state index is 12.5. The number of nitrogens with one attached hydrogen (secondary N) is 2. The number of carbonyl (C=O) groups is 1. The Labute approximate surface area is 131 Å². The molecule has 0 fully saturated rings. The van der Waals surface area contributed by atoms with Crippen LogP contribution in [0.25, 0.3) is 5.57 Å². The van der Waals surface area contributed by atoms with Crippen molar-refractivity contribution in [1.82, 2.24) is 15.2 Å². The highest BCUT2D eigenvalue weighted by Crippen LogP contribution is 2.31. The van der Waals surface area contributed by atoms with E-state index in [2.05, 4.69) is 21.3 Å². The first-order valence-electron chi connectivity index (χ1n) is 8.18. The quantitative estimate of drug-likeness (QED) is 0.812. The summed E-state index contributed by atoms with van der Waals surface area (Å²) in [7, 11) is 0. The van der Waals surface area contributed by atoms with Gasteiger partial charge in [-0.1, -0.05) is 6.08 Å². The van der Waals surface area contributed by atoms with Gasteiger partial charge in [0.25, 0.3) is 5.91 Å². The van der Waals surface area contributed by atoms with Crippen LogP contribution in [0.3, 0.4) is 0 Å². The summed E-state index contributed by atoms with van der Waals surface area (Å²) in [6, 6.07) is 0. The second-order valence-electron chi connectivity index (χ2n) is 6.18. The molecule has 1 aromatic heterocycles. The van der Waals surface area contributed by atoms with Gasteiger partial charge < -0.3 is 19.9 Å². The lowest BCUT2D eigenvalue weighted by Crippen LogP contribution is -2.28. The van der Waals surface area contributed by atoms with Gasteiger partial charge in [0.2, 0.25) is 0 Å². The molecule has 2 heterocycles. The van der Waals surface area contributed by atoms with Gasteiger partial charge >= 0.3 is 0 Å². The molecular weight excluding hydrogens is 278 g/mol. The molecule has 5 nitrogen and oxygen atoms in total. The van der Waals surface area contributed by atoms with Crippen molar-refractivity contribution in [3.8, 4) is 0 Å². The molecule has 1 aliphatic heterocycles. The van der Waals surface area contributed by atoms with Crippen molar-refractivity contribution in [2.75, 3.05) is 26.2 Å². The van der Waals surface area contributed by atoms with E-state index >= 15 is 0 Å². The summed E-state index contributed by atoms with van der Waals surface area (Å²) in [5, 5.41) is 6.42. The predicted molar refractivity (Wildman–Crippen MR) is 87.0 cm³/mol. The van der Waals surface area contributed by atoms with Gasteiger partial charge in [-0.05, 0) is 37.8 Å². The van der Waals surface area contributed by atoms with Crippen molar-refractivity contribution in [2.45, 2.75) is 39.3 Å². The van der Waals surface area contributed by atoms with Crippen LogP contribution in [0, 0.1) is 0 Å². The average Bonchev–Trinajstić information content (AvgIpc) is 2.74. The highest BCUT2D eigenvalue weighted by Gasteiger charge is 2.25. The molecule has 0 bridgehead atoms. The van der Waals surface area contributed by atoms with E-state index in [1.165, 1.54) is 16.8 Å². The smallest absolute Gasteiger partial charge is 0.253 e. The van der Waals surface area contributed by atoms with Crippen LogP contribution in [0.1, 0.15) is 41.9 Å². The molecule has 3 rings (SSSR count). The molecule has 0 saturated heterocycles. The Balaban J connectivity index is 1.74. The van der Waals surface area contributed by atoms with E-state index < -0.39 is 0 Å². The van der Waals surface area contributed by atoms with Crippen LogP contribution in [0.4, 0.5) is 0 Å². The van der Waals surface area contributed by atoms with Crippen LogP contribution in [0.15, 0.2) is 12.3 Å². The lowest BCUT2D eigenvalue weighted by atomic mass is 9.94. The Morgan fingerprint density at radius 2 is 2.36 bits per heavy atom. The molecule has 2 aliphatic rings. The molecule has 0 unspecified atom stereocenters. The van der Waals surface area contributed by atoms with E-state index in [-0.39, 0.29) is 12.0 Å². The van der Waals surface area contributed by atoms with E-state index in [1.54, 1.807) is 0 Å². The summed E-state index contributed by atoms with van der Waals surface area (Å²) in [5.74, 6) is 0.0251.